The highest BCUT2D eigenvalue weighted by Crippen LogP contribution is 2.57. The van der Waals surface area contributed by atoms with Crippen LogP contribution in [-0.2, 0) is 9.53 Å². The maximum absolute atomic E-state index is 12.8. The molecule has 2 saturated heterocycles. The van der Waals surface area contributed by atoms with Gasteiger partial charge in [0.25, 0.3) is 0 Å². The van der Waals surface area contributed by atoms with Crippen LogP contribution < -0.4 is 11.1 Å². The second-order valence-electron chi connectivity index (χ2n) is 7.35. The van der Waals surface area contributed by atoms with Crippen molar-refractivity contribution in [1.82, 2.24) is 10.2 Å². The molecule has 5 nitrogen and oxygen atoms in total. The second kappa shape index (κ2) is 4.68. The van der Waals surface area contributed by atoms with Gasteiger partial charge in [-0.25, -0.2) is 0 Å². The van der Waals surface area contributed by atoms with Crippen molar-refractivity contribution in [3.63, 3.8) is 0 Å². The van der Waals surface area contributed by atoms with E-state index >= 15 is 0 Å². The van der Waals surface area contributed by atoms with Gasteiger partial charge in [-0.1, -0.05) is 13.8 Å². The number of nitrogens with one attached hydrogen (secondary N) is 1. The highest BCUT2D eigenvalue weighted by atomic mass is 16.5. The Morgan fingerprint density at radius 1 is 1.40 bits per heavy atom. The Balaban J connectivity index is 1.72. The largest absolute Gasteiger partial charge is 0.377 e. The first kappa shape index (κ1) is 14.3. The van der Waals surface area contributed by atoms with Crippen LogP contribution in [0.5, 0.6) is 0 Å². The van der Waals surface area contributed by atoms with Gasteiger partial charge in [0.1, 0.15) is 5.54 Å². The van der Waals surface area contributed by atoms with Gasteiger partial charge in [-0.15, -0.1) is 0 Å². The predicted octanol–water partition coefficient (Wildman–Crippen LogP) is 0.339. The molecule has 1 amide bonds. The number of carbonyl (C=O) groups is 1. The molecule has 2 aliphatic heterocycles. The van der Waals surface area contributed by atoms with Gasteiger partial charge in [-0.2, -0.15) is 0 Å². The van der Waals surface area contributed by atoms with Crippen molar-refractivity contribution in [3.8, 4) is 0 Å². The minimum absolute atomic E-state index is 0.0227. The molecule has 4 atom stereocenters. The number of hydrogen-bond donors (Lipinski definition) is 2. The zero-order valence-corrected chi connectivity index (χ0v) is 12.8. The third-order valence-electron chi connectivity index (χ3n) is 5.79. The maximum atomic E-state index is 12.8. The topological polar surface area (TPSA) is 67.6 Å². The van der Waals surface area contributed by atoms with E-state index in [0.717, 1.165) is 39.0 Å². The highest BCUT2D eigenvalue weighted by Gasteiger charge is 2.70. The fraction of sp³-hybridized carbons (Fsp3) is 0.933. The summed E-state index contributed by atoms with van der Waals surface area (Å²) in [6.07, 6.45) is 3.17. The first-order chi connectivity index (χ1) is 9.37. The standard InChI is InChI=1S/C15H27N3O2/c1-14(2)12-11(5-4-8-20-12)15(14,16)13(19)17-10-6-7-18(3)9-10/h10-12H,4-9,16H2,1-3H3,(H,17,19). The number of rotatable bonds is 2. The van der Waals surface area contributed by atoms with Gasteiger partial charge in [-0.3, -0.25) is 4.79 Å². The fourth-order valence-electron chi connectivity index (χ4n) is 4.39. The van der Waals surface area contributed by atoms with Gasteiger partial charge in [0.05, 0.1) is 6.10 Å². The minimum Gasteiger partial charge on any atom is -0.377 e. The quantitative estimate of drug-likeness (QED) is 0.766. The normalized spacial score (nSPS) is 43.7. The number of nitrogens with two attached hydrogens (primary N) is 1. The molecule has 2 heterocycles. The highest BCUT2D eigenvalue weighted by molar-refractivity contribution is 5.89. The van der Waals surface area contributed by atoms with Crippen LogP contribution in [0.4, 0.5) is 0 Å². The molecule has 4 unspecified atom stereocenters. The van der Waals surface area contributed by atoms with Gasteiger partial charge >= 0.3 is 0 Å². The van der Waals surface area contributed by atoms with Crippen LogP contribution in [0.25, 0.3) is 0 Å². The smallest absolute Gasteiger partial charge is 0.241 e. The molecule has 0 aromatic rings. The van der Waals surface area contributed by atoms with Crippen LogP contribution in [-0.4, -0.2) is 55.2 Å². The molecule has 5 heteroatoms. The number of amides is 1. The Kier molecular flexibility index (Phi) is 3.35. The monoisotopic (exact) mass is 281 g/mol. The average Bonchev–Trinajstić information content (AvgIpc) is 2.83. The summed E-state index contributed by atoms with van der Waals surface area (Å²) < 4.78 is 5.86. The summed E-state index contributed by atoms with van der Waals surface area (Å²) in [5.41, 5.74) is 5.52. The summed E-state index contributed by atoms with van der Waals surface area (Å²) in [5, 5.41) is 3.18. The molecule has 3 N–H and O–H groups in total. The Morgan fingerprint density at radius 3 is 2.80 bits per heavy atom. The van der Waals surface area contributed by atoms with Crippen molar-refractivity contribution >= 4 is 5.91 Å². The number of likely N-dealkylation sites (N-methyl/N-ethyl adjacent to an activating group) is 1. The lowest BCUT2D eigenvalue weighted by molar-refractivity contribution is -0.225. The summed E-state index contributed by atoms with van der Waals surface area (Å²) in [6.45, 7) is 6.91. The van der Waals surface area contributed by atoms with E-state index in [9.17, 15) is 4.79 Å². The molecule has 20 heavy (non-hydrogen) atoms. The molecular formula is C15H27N3O2. The van der Waals surface area contributed by atoms with E-state index in [2.05, 4.69) is 31.1 Å². The van der Waals surface area contributed by atoms with Crippen LogP contribution in [0.2, 0.25) is 0 Å². The SMILES string of the molecule is CN1CCC(NC(=O)C2(N)C3CCCOC3C2(C)C)C1. The van der Waals surface area contributed by atoms with Crippen molar-refractivity contribution in [2.45, 2.75) is 50.8 Å². The molecule has 1 aliphatic carbocycles. The first-order valence-electron chi connectivity index (χ1n) is 7.77. The fourth-order valence-corrected chi connectivity index (χ4v) is 4.39. The summed E-state index contributed by atoms with van der Waals surface area (Å²) in [4.78, 5) is 15.0. The Morgan fingerprint density at radius 2 is 2.15 bits per heavy atom. The van der Waals surface area contributed by atoms with E-state index in [1.54, 1.807) is 0 Å². The lowest BCUT2D eigenvalue weighted by Crippen LogP contribution is -2.82. The Hall–Kier alpha value is -0.650. The van der Waals surface area contributed by atoms with Crippen LogP contribution in [0.15, 0.2) is 0 Å². The van der Waals surface area contributed by atoms with Crippen molar-refractivity contribution in [1.29, 1.82) is 0 Å². The lowest BCUT2D eigenvalue weighted by Gasteiger charge is -2.65. The maximum Gasteiger partial charge on any atom is 0.241 e. The van der Waals surface area contributed by atoms with Gasteiger partial charge in [-0.05, 0) is 32.9 Å². The molecule has 3 rings (SSSR count). The molecule has 0 aromatic heterocycles. The summed E-state index contributed by atoms with van der Waals surface area (Å²) in [5.74, 6) is 0.194. The number of fused-ring (bicyclic) bond motifs is 1. The van der Waals surface area contributed by atoms with E-state index in [0.29, 0.717) is 0 Å². The van der Waals surface area contributed by atoms with E-state index in [1.807, 2.05) is 0 Å². The zero-order valence-electron chi connectivity index (χ0n) is 12.8. The molecule has 1 saturated carbocycles. The van der Waals surface area contributed by atoms with Crippen LogP contribution in [0.1, 0.15) is 33.1 Å². The molecule has 0 radical (unpaired) electrons. The number of likely N-dealkylation sites (tertiary alicyclic amines) is 1. The molecule has 114 valence electrons. The van der Waals surface area contributed by atoms with Gasteiger partial charge in [0.15, 0.2) is 0 Å². The lowest BCUT2D eigenvalue weighted by atomic mass is 9.46. The van der Waals surface area contributed by atoms with Crippen molar-refractivity contribution in [2.24, 2.45) is 17.1 Å². The van der Waals surface area contributed by atoms with Crippen LogP contribution in [0, 0.1) is 11.3 Å². The van der Waals surface area contributed by atoms with Crippen LogP contribution >= 0.6 is 0 Å². The first-order valence-corrected chi connectivity index (χ1v) is 7.77. The molecular weight excluding hydrogens is 254 g/mol. The van der Waals surface area contributed by atoms with Crippen molar-refractivity contribution in [3.05, 3.63) is 0 Å². The number of nitrogens with zero attached hydrogens (tertiary/aromatic N) is 1. The minimum atomic E-state index is -0.779. The molecule has 3 fully saturated rings. The van der Waals surface area contributed by atoms with E-state index in [4.69, 9.17) is 10.5 Å². The Labute approximate surface area is 121 Å². The van der Waals surface area contributed by atoms with Gasteiger partial charge in [0.2, 0.25) is 5.91 Å². The zero-order chi connectivity index (χ0) is 14.5. The summed E-state index contributed by atoms with van der Waals surface area (Å²) in [7, 11) is 2.09. The summed E-state index contributed by atoms with van der Waals surface area (Å²) >= 11 is 0. The van der Waals surface area contributed by atoms with Crippen LogP contribution in [0.3, 0.4) is 0 Å². The third kappa shape index (κ3) is 1.83. The predicted molar refractivity (Wildman–Crippen MR) is 77.2 cm³/mol. The third-order valence-corrected chi connectivity index (χ3v) is 5.79. The van der Waals surface area contributed by atoms with Crippen molar-refractivity contribution in [2.75, 3.05) is 26.7 Å². The van der Waals surface area contributed by atoms with Gasteiger partial charge in [0, 0.05) is 30.5 Å². The van der Waals surface area contributed by atoms with E-state index < -0.39 is 5.54 Å². The average molecular weight is 281 g/mol. The van der Waals surface area contributed by atoms with Crippen molar-refractivity contribution < 1.29 is 9.53 Å². The molecule has 0 aromatic carbocycles. The van der Waals surface area contributed by atoms with E-state index in [-0.39, 0.29) is 29.4 Å². The molecule has 0 spiro atoms. The second-order valence-corrected chi connectivity index (χ2v) is 7.35. The molecule has 0 bridgehead atoms. The number of hydrogen-bond acceptors (Lipinski definition) is 4. The summed E-state index contributed by atoms with van der Waals surface area (Å²) in [6, 6.07) is 0.243. The van der Waals surface area contributed by atoms with Gasteiger partial charge < -0.3 is 20.7 Å². The molecule has 3 aliphatic rings. The number of ether oxygens (including phenoxy) is 1. The Bertz CT molecular complexity index is 412. The number of carbonyl (C=O) groups excluding carboxylic acids is 1. The van der Waals surface area contributed by atoms with E-state index in [1.165, 1.54) is 0 Å².